The number of carbonyl (C=O) groups is 1. The van der Waals surface area contributed by atoms with Crippen LogP contribution in [0, 0.1) is 6.92 Å². The molecule has 0 rings (SSSR count). The molecule has 0 fully saturated rings. The summed E-state index contributed by atoms with van der Waals surface area (Å²) in [5.74, 6) is -0.695. The first-order valence-corrected chi connectivity index (χ1v) is 3.28. The first-order chi connectivity index (χ1) is 4.27. The van der Waals surface area contributed by atoms with Gasteiger partial charge in [-0.15, -0.1) is 0 Å². The molecule has 0 heterocycles. The van der Waals surface area contributed by atoms with Crippen LogP contribution in [-0.4, -0.2) is 11.1 Å². The van der Waals surface area contributed by atoms with E-state index in [-0.39, 0.29) is 0 Å². The summed E-state index contributed by atoms with van der Waals surface area (Å²) in [4.78, 5) is 9.95. The monoisotopic (exact) mass is 129 g/mol. The largest absolute Gasteiger partial charge is 0.481 e. The average Bonchev–Trinajstić information content (AvgIpc) is 1.80. The van der Waals surface area contributed by atoms with E-state index in [0.717, 1.165) is 25.7 Å². The lowest BCUT2D eigenvalue weighted by Crippen LogP contribution is -1.93. The third-order valence-corrected chi connectivity index (χ3v) is 1.14. The summed E-state index contributed by atoms with van der Waals surface area (Å²) >= 11 is 0. The summed E-state index contributed by atoms with van der Waals surface area (Å²) in [6.45, 7) is 3.65. The van der Waals surface area contributed by atoms with Gasteiger partial charge in [0.15, 0.2) is 0 Å². The molecule has 0 aliphatic heterocycles. The minimum atomic E-state index is -0.695. The zero-order valence-corrected chi connectivity index (χ0v) is 5.60. The Morgan fingerprint density at radius 2 is 2.00 bits per heavy atom. The molecule has 54 valence electrons. The van der Waals surface area contributed by atoms with Crippen molar-refractivity contribution in [2.24, 2.45) is 0 Å². The van der Waals surface area contributed by atoms with Gasteiger partial charge in [-0.05, 0) is 6.42 Å². The molecule has 0 radical (unpaired) electrons. The Morgan fingerprint density at radius 3 is 2.44 bits per heavy atom. The van der Waals surface area contributed by atoms with E-state index in [9.17, 15) is 4.79 Å². The highest BCUT2D eigenvalue weighted by Gasteiger charge is 1.93. The van der Waals surface area contributed by atoms with Gasteiger partial charge in [0.25, 0.3) is 0 Å². The Balaban J connectivity index is 2.83. The molecular weight excluding hydrogens is 116 g/mol. The molecular formula is C7H13O2-. The minimum Gasteiger partial charge on any atom is -0.481 e. The minimum absolute atomic E-state index is 0.306. The molecule has 2 nitrogen and oxygen atoms in total. The number of rotatable bonds is 5. The van der Waals surface area contributed by atoms with Gasteiger partial charge >= 0.3 is 5.97 Å². The van der Waals surface area contributed by atoms with Gasteiger partial charge in [-0.1, -0.05) is 12.8 Å². The second-order valence-corrected chi connectivity index (χ2v) is 2.06. The van der Waals surface area contributed by atoms with Crippen molar-refractivity contribution in [2.75, 3.05) is 0 Å². The maximum atomic E-state index is 9.95. The van der Waals surface area contributed by atoms with Crippen LogP contribution in [0.4, 0.5) is 0 Å². The number of carboxylic acid groups (broad SMARTS) is 1. The summed E-state index contributed by atoms with van der Waals surface area (Å²) in [5, 5.41) is 8.20. The van der Waals surface area contributed by atoms with Crippen molar-refractivity contribution in [3.8, 4) is 0 Å². The summed E-state index contributed by atoms with van der Waals surface area (Å²) < 4.78 is 0. The van der Waals surface area contributed by atoms with Gasteiger partial charge in [0.05, 0.1) is 0 Å². The fourth-order valence-corrected chi connectivity index (χ4v) is 0.630. The molecule has 0 aliphatic carbocycles. The molecule has 0 unspecified atom stereocenters. The lowest BCUT2D eigenvalue weighted by Gasteiger charge is -1.96. The summed E-state index contributed by atoms with van der Waals surface area (Å²) in [6, 6.07) is 0. The number of aliphatic carboxylic acids is 1. The van der Waals surface area contributed by atoms with Crippen LogP contribution in [-0.2, 0) is 4.79 Å². The van der Waals surface area contributed by atoms with E-state index in [1.54, 1.807) is 0 Å². The van der Waals surface area contributed by atoms with Crippen molar-refractivity contribution in [3.63, 3.8) is 0 Å². The van der Waals surface area contributed by atoms with Crippen molar-refractivity contribution >= 4 is 5.97 Å². The summed E-state index contributed by atoms with van der Waals surface area (Å²) in [7, 11) is 0. The van der Waals surface area contributed by atoms with Crippen LogP contribution >= 0.6 is 0 Å². The number of hydrogen-bond donors (Lipinski definition) is 1. The highest BCUT2D eigenvalue weighted by Crippen LogP contribution is 2.01. The maximum absolute atomic E-state index is 9.95. The lowest BCUT2D eigenvalue weighted by atomic mass is 10.2. The number of hydrogen-bond acceptors (Lipinski definition) is 1. The van der Waals surface area contributed by atoms with Crippen LogP contribution in [0.2, 0.25) is 0 Å². The van der Waals surface area contributed by atoms with Crippen molar-refractivity contribution in [1.29, 1.82) is 0 Å². The van der Waals surface area contributed by atoms with E-state index in [1.165, 1.54) is 0 Å². The molecule has 0 aliphatic rings. The normalized spacial score (nSPS) is 9.44. The molecule has 0 bridgehead atoms. The van der Waals surface area contributed by atoms with Crippen LogP contribution in [0.1, 0.15) is 32.1 Å². The molecule has 0 aromatic heterocycles. The number of unbranched alkanes of at least 4 members (excludes halogenated alkanes) is 3. The van der Waals surface area contributed by atoms with Gasteiger partial charge < -0.3 is 12.0 Å². The van der Waals surface area contributed by atoms with E-state index in [2.05, 4.69) is 6.92 Å². The fourth-order valence-electron chi connectivity index (χ4n) is 0.630. The lowest BCUT2D eigenvalue weighted by molar-refractivity contribution is -0.137. The van der Waals surface area contributed by atoms with E-state index in [1.807, 2.05) is 0 Å². The Hall–Kier alpha value is -0.530. The molecule has 9 heavy (non-hydrogen) atoms. The quantitative estimate of drug-likeness (QED) is 0.454. The third kappa shape index (κ3) is 7.47. The molecule has 0 saturated heterocycles. The van der Waals surface area contributed by atoms with Gasteiger partial charge in [0.2, 0.25) is 0 Å². The van der Waals surface area contributed by atoms with Crippen molar-refractivity contribution < 1.29 is 9.90 Å². The Bertz CT molecular complexity index is 79.0. The molecule has 0 aromatic carbocycles. The fraction of sp³-hybridized carbons (Fsp3) is 0.714. The summed E-state index contributed by atoms with van der Waals surface area (Å²) in [6.07, 6.45) is 4.06. The smallest absolute Gasteiger partial charge is 0.303 e. The molecule has 0 amide bonds. The standard InChI is InChI=1S/C7H13O2/c1-2-3-4-5-6-7(8)9/h1-6H2,(H,8,9)/q-1. The van der Waals surface area contributed by atoms with Crippen LogP contribution in [0.15, 0.2) is 0 Å². The second-order valence-electron chi connectivity index (χ2n) is 2.06. The zero-order valence-electron chi connectivity index (χ0n) is 5.60. The van der Waals surface area contributed by atoms with Gasteiger partial charge in [-0.2, -0.15) is 6.42 Å². The first kappa shape index (κ1) is 8.47. The van der Waals surface area contributed by atoms with Crippen molar-refractivity contribution in [3.05, 3.63) is 6.92 Å². The predicted octanol–water partition coefficient (Wildman–Crippen LogP) is 1.86. The van der Waals surface area contributed by atoms with E-state index in [0.29, 0.717) is 6.42 Å². The highest BCUT2D eigenvalue weighted by molar-refractivity contribution is 5.66. The molecule has 0 atom stereocenters. The van der Waals surface area contributed by atoms with Crippen LogP contribution in [0.3, 0.4) is 0 Å². The molecule has 0 saturated carbocycles. The van der Waals surface area contributed by atoms with Crippen LogP contribution < -0.4 is 0 Å². The Morgan fingerprint density at radius 1 is 1.33 bits per heavy atom. The highest BCUT2D eigenvalue weighted by atomic mass is 16.4. The molecule has 0 aromatic rings. The predicted molar refractivity (Wildman–Crippen MR) is 36.1 cm³/mol. The number of carboxylic acids is 1. The molecule has 2 heteroatoms. The van der Waals surface area contributed by atoms with Gasteiger partial charge in [0.1, 0.15) is 0 Å². The molecule has 1 N–H and O–H groups in total. The van der Waals surface area contributed by atoms with Gasteiger partial charge in [-0.25, -0.2) is 0 Å². The SMILES string of the molecule is [CH2-]CCCCCC(=O)O. The van der Waals surface area contributed by atoms with E-state index < -0.39 is 5.97 Å². The molecule has 0 spiro atoms. The summed E-state index contributed by atoms with van der Waals surface area (Å²) in [5.41, 5.74) is 0. The van der Waals surface area contributed by atoms with Crippen molar-refractivity contribution in [1.82, 2.24) is 0 Å². The van der Waals surface area contributed by atoms with Crippen molar-refractivity contribution in [2.45, 2.75) is 32.1 Å². The average molecular weight is 129 g/mol. The maximum Gasteiger partial charge on any atom is 0.303 e. The van der Waals surface area contributed by atoms with Crippen LogP contribution in [0.5, 0.6) is 0 Å². The van der Waals surface area contributed by atoms with E-state index in [4.69, 9.17) is 5.11 Å². The third-order valence-electron chi connectivity index (χ3n) is 1.14. The van der Waals surface area contributed by atoms with Gasteiger partial charge in [0, 0.05) is 6.42 Å². The Kier molecular flexibility index (Phi) is 5.27. The second kappa shape index (κ2) is 5.60. The zero-order chi connectivity index (χ0) is 7.11. The first-order valence-electron chi connectivity index (χ1n) is 3.28. The van der Waals surface area contributed by atoms with Gasteiger partial charge in [-0.3, -0.25) is 4.79 Å². The topological polar surface area (TPSA) is 37.3 Å². The Labute approximate surface area is 55.9 Å². The van der Waals surface area contributed by atoms with E-state index >= 15 is 0 Å². The van der Waals surface area contributed by atoms with Crippen LogP contribution in [0.25, 0.3) is 0 Å².